The van der Waals surface area contributed by atoms with E-state index in [1.165, 1.54) is 12.4 Å². The molecular weight excluding hydrogens is 274 g/mol. The summed E-state index contributed by atoms with van der Waals surface area (Å²) in [7, 11) is 0. The molecule has 8 heteroatoms. The minimum Gasteiger partial charge on any atom is -0.363 e. The Balaban J connectivity index is 2.16. The maximum Gasteiger partial charge on any atom is 0.274 e. The molecule has 0 unspecified atom stereocenters. The fourth-order valence-corrected chi connectivity index (χ4v) is 1.52. The number of amides is 2. The molecule has 0 saturated heterocycles. The van der Waals surface area contributed by atoms with Gasteiger partial charge in [-0.3, -0.25) is 9.59 Å². The van der Waals surface area contributed by atoms with Crippen LogP contribution in [0.3, 0.4) is 0 Å². The molecule has 110 valence electrons. The summed E-state index contributed by atoms with van der Waals surface area (Å²) in [5, 5.41) is 16.1. The van der Waals surface area contributed by atoms with Crippen molar-refractivity contribution in [2.45, 2.75) is 26.3 Å². The summed E-state index contributed by atoms with van der Waals surface area (Å²) >= 11 is 0. The second kappa shape index (κ2) is 5.70. The molecule has 8 nitrogen and oxygen atoms in total. The molecule has 2 aromatic rings. The minimum atomic E-state index is -0.511. The normalized spacial score (nSPS) is 11.0. The Labute approximate surface area is 120 Å². The van der Waals surface area contributed by atoms with Crippen molar-refractivity contribution in [2.75, 3.05) is 5.32 Å². The third-order valence-electron chi connectivity index (χ3n) is 2.36. The van der Waals surface area contributed by atoms with E-state index >= 15 is 0 Å². The molecule has 2 aromatic heterocycles. The van der Waals surface area contributed by atoms with E-state index in [2.05, 4.69) is 26.0 Å². The Morgan fingerprint density at radius 1 is 1.19 bits per heavy atom. The highest BCUT2D eigenvalue weighted by Crippen LogP contribution is 2.12. The summed E-state index contributed by atoms with van der Waals surface area (Å²) < 4.78 is 4.74. The van der Waals surface area contributed by atoms with Crippen LogP contribution < -0.4 is 10.6 Å². The number of carbonyl (C=O) groups is 2. The largest absolute Gasteiger partial charge is 0.363 e. The van der Waals surface area contributed by atoms with Crippen molar-refractivity contribution in [3.63, 3.8) is 0 Å². The van der Waals surface area contributed by atoms with Crippen LogP contribution in [0.5, 0.6) is 0 Å². The standard InChI is InChI=1S/C13H15N5O3/c1-13(2,3)17-12(20)10-9(7-21-18-10)11(19)16-8-4-5-14-15-6-8/h4-7H,1-3H3,(H,17,20)(H,14,16,19). The van der Waals surface area contributed by atoms with Gasteiger partial charge in [-0.05, 0) is 26.8 Å². The molecule has 2 amide bonds. The van der Waals surface area contributed by atoms with Gasteiger partial charge in [0.05, 0.1) is 18.1 Å². The van der Waals surface area contributed by atoms with E-state index in [1.807, 2.05) is 20.8 Å². The van der Waals surface area contributed by atoms with Crippen molar-refractivity contribution in [1.29, 1.82) is 0 Å². The Morgan fingerprint density at radius 2 is 1.95 bits per heavy atom. The van der Waals surface area contributed by atoms with E-state index in [-0.39, 0.29) is 11.3 Å². The smallest absolute Gasteiger partial charge is 0.274 e. The number of carbonyl (C=O) groups excluding carboxylic acids is 2. The maximum atomic E-state index is 12.1. The van der Waals surface area contributed by atoms with Gasteiger partial charge in [0.2, 0.25) is 0 Å². The van der Waals surface area contributed by atoms with E-state index in [4.69, 9.17) is 4.52 Å². The lowest BCUT2D eigenvalue weighted by molar-refractivity contribution is 0.0901. The zero-order valence-corrected chi connectivity index (χ0v) is 11.9. The number of rotatable bonds is 3. The second-order valence-corrected chi connectivity index (χ2v) is 5.37. The third-order valence-corrected chi connectivity index (χ3v) is 2.36. The van der Waals surface area contributed by atoms with Gasteiger partial charge in [-0.2, -0.15) is 10.2 Å². The van der Waals surface area contributed by atoms with Gasteiger partial charge in [-0.15, -0.1) is 0 Å². The van der Waals surface area contributed by atoms with Gasteiger partial charge in [-0.1, -0.05) is 5.16 Å². The van der Waals surface area contributed by atoms with Crippen molar-refractivity contribution in [1.82, 2.24) is 20.7 Å². The predicted molar refractivity (Wildman–Crippen MR) is 73.7 cm³/mol. The van der Waals surface area contributed by atoms with Crippen LogP contribution in [0.15, 0.2) is 29.2 Å². The summed E-state index contributed by atoms with van der Waals surface area (Å²) in [6, 6.07) is 1.58. The minimum absolute atomic E-state index is 0.0496. The van der Waals surface area contributed by atoms with E-state index in [9.17, 15) is 9.59 Å². The van der Waals surface area contributed by atoms with Gasteiger partial charge in [0.1, 0.15) is 11.8 Å². The van der Waals surface area contributed by atoms with E-state index in [0.717, 1.165) is 6.26 Å². The van der Waals surface area contributed by atoms with Crippen LogP contribution in [-0.2, 0) is 0 Å². The zero-order valence-electron chi connectivity index (χ0n) is 11.9. The molecular formula is C13H15N5O3. The Morgan fingerprint density at radius 3 is 2.57 bits per heavy atom. The molecule has 0 saturated carbocycles. The number of anilines is 1. The Bertz CT molecular complexity index is 645. The molecule has 21 heavy (non-hydrogen) atoms. The highest BCUT2D eigenvalue weighted by atomic mass is 16.5. The summed E-state index contributed by atoms with van der Waals surface area (Å²) in [6.45, 7) is 5.48. The number of nitrogens with one attached hydrogen (secondary N) is 2. The van der Waals surface area contributed by atoms with Gasteiger partial charge in [-0.25, -0.2) is 0 Å². The average Bonchev–Trinajstić information content (AvgIpc) is 2.87. The molecule has 2 heterocycles. The quantitative estimate of drug-likeness (QED) is 0.879. The first-order valence-electron chi connectivity index (χ1n) is 6.22. The molecule has 2 N–H and O–H groups in total. The fraction of sp³-hybridized carbons (Fsp3) is 0.308. The highest BCUT2D eigenvalue weighted by Gasteiger charge is 2.25. The monoisotopic (exact) mass is 289 g/mol. The number of nitrogens with zero attached hydrogens (tertiary/aromatic N) is 3. The lowest BCUT2D eigenvalue weighted by Crippen LogP contribution is -2.41. The summed E-state index contributed by atoms with van der Waals surface area (Å²) in [5.74, 6) is -0.988. The summed E-state index contributed by atoms with van der Waals surface area (Å²) in [5.41, 5.74) is -0.00454. The number of hydrogen-bond acceptors (Lipinski definition) is 6. The van der Waals surface area contributed by atoms with E-state index in [0.29, 0.717) is 5.69 Å². The highest BCUT2D eigenvalue weighted by molar-refractivity contribution is 6.11. The van der Waals surface area contributed by atoms with Crippen molar-refractivity contribution >= 4 is 17.5 Å². The molecule has 0 spiro atoms. The summed E-state index contributed by atoms with van der Waals surface area (Å²) in [6.07, 6.45) is 3.96. The van der Waals surface area contributed by atoms with Crippen molar-refractivity contribution < 1.29 is 14.1 Å². The molecule has 0 fully saturated rings. The molecule has 0 atom stereocenters. The van der Waals surface area contributed by atoms with Gasteiger partial charge in [0.25, 0.3) is 11.8 Å². The van der Waals surface area contributed by atoms with Gasteiger partial charge in [0, 0.05) is 5.54 Å². The number of hydrogen-bond donors (Lipinski definition) is 2. The Kier molecular flexibility index (Phi) is 3.97. The average molecular weight is 289 g/mol. The lowest BCUT2D eigenvalue weighted by atomic mass is 10.1. The van der Waals surface area contributed by atoms with Crippen LogP contribution in [0.2, 0.25) is 0 Å². The number of aromatic nitrogens is 3. The topological polar surface area (TPSA) is 110 Å². The molecule has 0 aliphatic heterocycles. The SMILES string of the molecule is CC(C)(C)NC(=O)c1nocc1C(=O)Nc1ccnnc1. The van der Waals surface area contributed by atoms with Gasteiger partial charge in [0.15, 0.2) is 5.69 Å². The molecule has 0 radical (unpaired) electrons. The fourth-order valence-electron chi connectivity index (χ4n) is 1.52. The zero-order chi connectivity index (χ0) is 15.5. The molecule has 2 rings (SSSR count). The van der Waals surface area contributed by atoms with Crippen LogP contribution in [0.4, 0.5) is 5.69 Å². The van der Waals surface area contributed by atoms with Crippen molar-refractivity contribution in [2.24, 2.45) is 0 Å². The maximum absolute atomic E-state index is 12.1. The first-order valence-corrected chi connectivity index (χ1v) is 6.22. The van der Waals surface area contributed by atoms with Gasteiger partial charge < -0.3 is 15.2 Å². The van der Waals surface area contributed by atoms with Gasteiger partial charge >= 0.3 is 0 Å². The predicted octanol–water partition coefficient (Wildman–Crippen LogP) is 1.25. The molecule has 0 aliphatic rings. The molecule has 0 aromatic carbocycles. The first kappa shape index (κ1) is 14.6. The van der Waals surface area contributed by atoms with Crippen molar-refractivity contribution in [3.8, 4) is 0 Å². The Hall–Kier alpha value is -2.77. The molecule has 0 bridgehead atoms. The van der Waals surface area contributed by atoms with E-state index in [1.54, 1.807) is 6.07 Å². The second-order valence-electron chi connectivity index (χ2n) is 5.37. The van der Waals surface area contributed by atoms with Crippen LogP contribution in [0, 0.1) is 0 Å². The van der Waals surface area contributed by atoms with Crippen LogP contribution in [0.1, 0.15) is 41.6 Å². The van der Waals surface area contributed by atoms with Crippen LogP contribution in [0.25, 0.3) is 0 Å². The lowest BCUT2D eigenvalue weighted by Gasteiger charge is -2.19. The van der Waals surface area contributed by atoms with Crippen LogP contribution in [-0.4, -0.2) is 32.7 Å². The van der Waals surface area contributed by atoms with Crippen LogP contribution >= 0.6 is 0 Å². The molecule has 0 aliphatic carbocycles. The van der Waals surface area contributed by atoms with E-state index < -0.39 is 17.4 Å². The van der Waals surface area contributed by atoms with Crippen molar-refractivity contribution in [3.05, 3.63) is 36.0 Å². The third kappa shape index (κ3) is 3.85. The first-order chi connectivity index (χ1) is 9.87. The summed E-state index contributed by atoms with van der Waals surface area (Å²) in [4.78, 5) is 24.2.